The molecule has 114 valence electrons. The van der Waals surface area contributed by atoms with Gasteiger partial charge in [0.15, 0.2) is 0 Å². The molecule has 7 heteroatoms. The number of aliphatic hydroxyl groups is 2. The van der Waals surface area contributed by atoms with Crippen LogP contribution in [0.3, 0.4) is 0 Å². The summed E-state index contributed by atoms with van der Waals surface area (Å²) in [6.07, 6.45) is 0.0210. The normalized spacial score (nSPS) is 16.0. The lowest BCUT2D eigenvalue weighted by Gasteiger charge is -2.22. The summed E-state index contributed by atoms with van der Waals surface area (Å²) in [6, 6.07) is -0.407. The zero-order valence-corrected chi connectivity index (χ0v) is 11.7. The number of rotatable bonds is 12. The molecule has 19 heavy (non-hydrogen) atoms. The Labute approximate surface area is 114 Å². The van der Waals surface area contributed by atoms with Gasteiger partial charge in [0.2, 0.25) is 0 Å². The quantitative estimate of drug-likeness (QED) is 0.254. The van der Waals surface area contributed by atoms with Crippen molar-refractivity contribution in [2.24, 2.45) is 0 Å². The topological polar surface area (TPSA) is 114 Å². The number of hydrogen-bond donors (Lipinski definition) is 6. The number of carboxylic acids is 1. The second-order valence-corrected chi connectivity index (χ2v) is 4.64. The number of aliphatic carboxylic acids is 1. The smallest absolute Gasteiger partial charge is 0.304 e. The molecule has 0 aromatic rings. The fourth-order valence-corrected chi connectivity index (χ4v) is 1.82. The maximum atomic E-state index is 10.5. The monoisotopic (exact) mass is 277 g/mol. The van der Waals surface area contributed by atoms with Crippen molar-refractivity contribution in [1.29, 1.82) is 0 Å². The van der Waals surface area contributed by atoms with E-state index in [2.05, 4.69) is 16.0 Å². The van der Waals surface area contributed by atoms with Gasteiger partial charge in [0.1, 0.15) is 0 Å². The van der Waals surface area contributed by atoms with Gasteiger partial charge >= 0.3 is 5.97 Å². The highest BCUT2D eigenvalue weighted by molar-refractivity contribution is 5.67. The number of nitrogens with one attached hydrogen (secondary N) is 3. The van der Waals surface area contributed by atoms with E-state index in [-0.39, 0.29) is 37.8 Å². The molecular formula is C12H27N3O4. The average Bonchev–Trinajstić information content (AvgIpc) is 2.35. The first-order valence-corrected chi connectivity index (χ1v) is 6.67. The predicted octanol–water partition coefficient (Wildman–Crippen LogP) is -1.64. The molecule has 3 atom stereocenters. The van der Waals surface area contributed by atoms with E-state index in [1.807, 2.05) is 6.92 Å². The molecule has 0 aliphatic carbocycles. The Balaban J connectivity index is 3.89. The van der Waals surface area contributed by atoms with Gasteiger partial charge < -0.3 is 31.3 Å². The van der Waals surface area contributed by atoms with Crippen molar-refractivity contribution in [2.75, 3.05) is 32.8 Å². The second kappa shape index (κ2) is 11.1. The maximum Gasteiger partial charge on any atom is 0.304 e. The van der Waals surface area contributed by atoms with Crippen LogP contribution in [0.2, 0.25) is 0 Å². The van der Waals surface area contributed by atoms with Crippen molar-refractivity contribution >= 4 is 5.97 Å². The highest BCUT2D eigenvalue weighted by Crippen LogP contribution is 1.93. The van der Waals surface area contributed by atoms with Crippen molar-refractivity contribution in [3.05, 3.63) is 0 Å². The van der Waals surface area contributed by atoms with Crippen LogP contribution in [-0.4, -0.2) is 72.3 Å². The summed E-state index contributed by atoms with van der Waals surface area (Å²) in [4.78, 5) is 10.5. The highest BCUT2D eigenvalue weighted by Gasteiger charge is 2.14. The van der Waals surface area contributed by atoms with Crippen LogP contribution in [0, 0.1) is 0 Å². The molecule has 0 saturated carbocycles. The van der Waals surface area contributed by atoms with Crippen LogP contribution in [-0.2, 0) is 4.79 Å². The molecular weight excluding hydrogens is 250 g/mol. The fraction of sp³-hybridized carbons (Fsp3) is 0.917. The summed E-state index contributed by atoms with van der Waals surface area (Å²) < 4.78 is 0. The molecule has 0 rings (SSSR count). The predicted molar refractivity (Wildman–Crippen MR) is 73.1 cm³/mol. The lowest BCUT2D eigenvalue weighted by molar-refractivity contribution is -0.137. The first-order valence-electron chi connectivity index (χ1n) is 6.67. The third-order valence-electron chi connectivity index (χ3n) is 2.72. The van der Waals surface area contributed by atoms with E-state index in [0.29, 0.717) is 13.1 Å². The molecule has 3 unspecified atom stereocenters. The van der Waals surface area contributed by atoms with Gasteiger partial charge in [-0.25, -0.2) is 0 Å². The minimum atomic E-state index is -0.864. The Morgan fingerprint density at radius 2 is 1.74 bits per heavy atom. The Morgan fingerprint density at radius 1 is 1.16 bits per heavy atom. The first kappa shape index (κ1) is 18.3. The summed E-state index contributed by atoms with van der Waals surface area (Å²) in [6.45, 7) is 5.61. The van der Waals surface area contributed by atoms with Crippen LogP contribution in [0.1, 0.15) is 20.3 Å². The molecule has 0 aliphatic heterocycles. The fourth-order valence-electron chi connectivity index (χ4n) is 1.82. The minimum Gasteiger partial charge on any atom is -0.481 e. The summed E-state index contributed by atoms with van der Waals surface area (Å²) in [5, 5.41) is 36.3. The molecule has 0 aromatic carbocycles. The van der Waals surface area contributed by atoms with Crippen molar-refractivity contribution in [3.63, 3.8) is 0 Å². The summed E-state index contributed by atoms with van der Waals surface area (Å²) >= 11 is 0. The molecule has 0 heterocycles. The average molecular weight is 277 g/mol. The van der Waals surface area contributed by atoms with Crippen LogP contribution in [0.25, 0.3) is 0 Å². The van der Waals surface area contributed by atoms with E-state index in [4.69, 9.17) is 10.2 Å². The van der Waals surface area contributed by atoms with Crippen molar-refractivity contribution in [2.45, 2.75) is 38.4 Å². The van der Waals surface area contributed by atoms with Crippen molar-refractivity contribution < 1.29 is 20.1 Å². The number of hydrogen-bond acceptors (Lipinski definition) is 6. The second-order valence-electron chi connectivity index (χ2n) is 4.64. The maximum absolute atomic E-state index is 10.5. The van der Waals surface area contributed by atoms with E-state index >= 15 is 0 Å². The number of aliphatic hydroxyl groups excluding tert-OH is 2. The van der Waals surface area contributed by atoms with Gasteiger partial charge in [-0.05, 0) is 13.5 Å². The Hall–Kier alpha value is -0.730. The molecule has 0 amide bonds. The Bertz CT molecular complexity index is 241. The lowest BCUT2D eigenvalue weighted by Crippen LogP contribution is -2.49. The van der Waals surface area contributed by atoms with Gasteiger partial charge in [0.25, 0.3) is 0 Å². The zero-order valence-electron chi connectivity index (χ0n) is 11.7. The highest BCUT2D eigenvalue weighted by atomic mass is 16.4. The largest absolute Gasteiger partial charge is 0.481 e. The van der Waals surface area contributed by atoms with Gasteiger partial charge in [-0.3, -0.25) is 4.79 Å². The number of likely N-dealkylation sites (N-methyl/N-ethyl adjacent to an activating group) is 1. The van der Waals surface area contributed by atoms with E-state index in [1.165, 1.54) is 0 Å². The van der Waals surface area contributed by atoms with E-state index in [0.717, 1.165) is 6.54 Å². The number of carbonyl (C=O) groups is 1. The van der Waals surface area contributed by atoms with Crippen LogP contribution in [0.15, 0.2) is 0 Å². The van der Waals surface area contributed by atoms with Crippen LogP contribution in [0.4, 0.5) is 0 Å². The molecule has 6 N–H and O–H groups in total. The lowest BCUT2D eigenvalue weighted by atomic mass is 10.2. The minimum absolute atomic E-state index is 0.0132. The first-order chi connectivity index (χ1) is 9.03. The molecule has 0 radical (unpaired) electrons. The molecule has 0 fully saturated rings. The van der Waals surface area contributed by atoms with Gasteiger partial charge in [-0.2, -0.15) is 0 Å². The van der Waals surface area contributed by atoms with E-state index in [1.54, 1.807) is 6.92 Å². The SMILES string of the molecule is CCNC(CO)CNCC(CO)NC(C)CC(=O)O. The summed E-state index contributed by atoms with van der Waals surface area (Å²) in [5.41, 5.74) is 0. The zero-order chi connectivity index (χ0) is 14.7. The standard InChI is InChI=1S/C12H27N3O4/c1-3-14-10(7-16)5-13-6-11(8-17)15-9(2)4-12(18)19/h9-11,13-17H,3-8H2,1-2H3,(H,18,19). The molecule has 7 nitrogen and oxygen atoms in total. The molecule has 0 aromatic heterocycles. The van der Waals surface area contributed by atoms with Gasteiger partial charge in [0.05, 0.1) is 19.6 Å². The van der Waals surface area contributed by atoms with Crippen molar-refractivity contribution in [3.8, 4) is 0 Å². The third kappa shape index (κ3) is 9.80. The molecule has 0 aliphatic rings. The van der Waals surface area contributed by atoms with Gasteiger partial charge in [0, 0.05) is 31.2 Å². The molecule has 0 bridgehead atoms. The molecule has 0 spiro atoms. The Kier molecular flexibility index (Phi) is 10.7. The van der Waals surface area contributed by atoms with E-state index < -0.39 is 5.97 Å². The van der Waals surface area contributed by atoms with Crippen LogP contribution < -0.4 is 16.0 Å². The summed E-state index contributed by atoms with van der Waals surface area (Å²) in [5.74, 6) is -0.864. The van der Waals surface area contributed by atoms with E-state index in [9.17, 15) is 9.90 Å². The third-order valence-corrected chi connectivity index (χ3v) is 2.72. The Morgan fingerprint density at radius 3 is 2.21 bits per heavy atom. The van der Waals surface area contributed by atoms with Gasteiger partial charge in [-0.1, -0.05) is 6.92 Å². The van der Waals surface area contributed by atoms with Gasteiger partial charge in [-0.15, -0.1) is 0 Å². The summed E-state index contributed by atoms with van der Waals surface area (Å²) in [7, 11) is 0. The van der Waals surface area contributed by atoms with Crippen molar-refractivity contribution in [1.82, 2.24) is 16.0 Å². The van der Waals surface area contributed by atoms with Crippen LogP contribution >= 0.6 is 0 Å². The molecule has 0 saturated heterocycles. The number of carboxylic acid groups (broad SMARTS) is 1. The van der Waals surface area contributed by atoms with Crippen LogP contribution in [0.5, 0.6) is 0 Å².